The van der Waals surface area contributed by atoms with E-state index >= 15 is 0 Å². The number of aromatic nitrogens is 3. The van der Waals surface area contributed by atoms with Crippen molar-refractivity contribution in [2.75, 3.05) is 25.0 Å². The number of halogens is 2. The third-order valence-electron chi connectivity index (χ3n) is 5.87. The van der Waals surface area contributed by atoms with Crippen molar-refractivity contribution in [3.8, 4) is 5.88 Å². The molecule has 1 aliphatic rings. The molecule has 10 nitrogen and oxygen atoms in total. The molecule has 12 heteroatoms. The van der Waals surface area contributed by atoms with Crippen molar-refractivity contribution in [2.45, 2.75) is 19.3 Å². The molecule has 0 radical (unpaired) electrons. The molecule has 188 valence electrons. The highest BCUT2D eigenvalue weighted by atomic mass is 79.9. The Bertz CT molecular complexity index is 1230. The van der Waals surface area contributed by atoms with E-state index in [1.165, 1.54) is 0 Å². The molecule has 1 saturated heterocycles. The van der Waals surface area contributed by atoms with Gasteiger partial charge in [-0.15, -0.1) is 5.10 Å². The van der Waals surface area contributed by atoms with Crippen molar-refractivity contribution in [2.24, 2.45) is 5.92 Å². The number of carbonyl (C=O) groups excluding carboxylic acids is 3. The highest BCUT2D eigenvalue weighted by molar-refractivity contribution is 9.10. The van der Waals surface area contributed by atoms with Crippen molar-refractivity contribution in [3.63, 3.8) is 0 Å². The minimum absolute atomic E-state index is 0.00936. The van der Waals surface area contributed by atoms with Crippen LogP contribution in [0.3, 0.4) is 0 Å². The number of hydrogen-bond donors (Lipinski definition) is 3. The Morgan fingerprint density at radius 3 is 2.58 bits per heavy atom. The number of H-pyrrole nitrogens is 1. The lowest BCUT2D eigenvalue weighted by atomic mass is 9.93. The van der Waals surface area contributed by atoms with E-state index in [1.54, 1.807) is 48.8 Å². The van der Waals surface area contributed by atoms with Crippen molar-refractivity contribution < 1.29 is 19.1 Å². The van der Waals surface area contributed by atoms with Crippen LogP contribution in [0, 0.1) is 5.92 Å². The first kappa shape index (κ1) is 25.6. The summed E-state index contributed by atoms with van der Waals surface area (Å²) in [5.74, 6) is 0.204. The van der Waals surface area contributed by atoms with Crippen molar-refractivity contribution in [1.29, 1.82) is 0 Å². The van der Waals surface area contributed by atoms with E-state index in [9.17, 15) is 14.4 Å². The minimum Gasteiger partial charge on any atom is -0.388 e. The van der Waals surface area contributed by atoms with E-state index in [-0.39, 0.29) is 17.6 Å². The van der Waals surface area contributed by atoms with Crippen molar-refractivity contribution in [3.05, 3.63) is 69.4 Å². The second kappa shape index (κ2) is 12.0. The molecule has 0 spiro atoms. The topological polar surface area (TPSA) is 129 Å². The Hall–Kier alpha value is -3.44. The van der Waals surface area contributed by atoms with Crippen LogP contribution in [0.5, 0.6) is 5.88 Å². The summed E-state index contributed by atoms with van der Waals surface area (Å²) in [4.78, 5) is 43.0. The summed E-state index contributed by atoms with van der Waals surface area (Å²) in [5, 5.41) is 12.2. The van der Waals surface area contributed by atoms with E-state index in [1.807, 2.05) is 4.90 Å². The number of pyridine rings is 1. The predicted molar refractivity (Wildman–Crippen MR) is 137 cm³/mol. The summed E-state index contributed by atoms with van der Waals surface area (Å²) in [7, 11) is 0. The fraction of sp³-hybridized carbons (Fsp3) is 0.292. The van der Waals surface area contributed by atoms with Gasteiger partial charge in [-0.3, -0.25) is 19.7 Å². The number of hydrogen-bond acceptors (Lipinski definition) is 6. The van der Waals surface area contributed by atoms with Crippen molar-refractivity contribution in [1.82, 2.24) is 25.4 Å². The average molecular weight is 576 g/mol. The summed E-state index contributed by atoms with van der Waals surface area (Å²) in [5.41, 5.74) is 0.942. The Morgan fingerprint density at radius 1 is 1.14 bits per heavy atom. The van der Waals surface area contributed by atoms with Crippen LogP contribution in [0.4, 0.5) is 10.6 Å². The van der Waals surface area contributed by atoms with Crippen LogP contribution < -0.4 is 15.4 Å². The Labute approximate surface area is 220 Å². The second-order valence-electron chi connectivity index (χ2n) is 8.23. The summed E-state index contributed by atoms with van der Waals surface area (Å²) in [6.45, 7) is 1.79. The maximum Gasteiger partial charge on any atom is 0.414 e. The molecule has 0 unspecified atom stereocenters. The smallest absolute Gasteiger partial charge is 0.388 e. The van der Waals surface area contributed by atoms with Gasteiger partial charge < -0.3 is 20.3 Å². The van der Waals surface area contributed by atoms with Crippen LogP contribution in [-0.4, -0.2) is 57.6 Å². The molecule has 0 aliphatic carbocycles. The molecule has 1 aliphatic heterocycles. The van der Waals surface area contributed by atoms with Gasteiger partial charge in [0.1, 0.15) is 10.3 Å². The van der Waals surface area contributed by atoms with E-state index in [2.05, 4.69) is 41.7 Å². The first-order chi connectivity index (χ1) is 17.4. The van der Waals surface area contributed by atoms with Crippen LogP contribution in [0.2, 0.25) is 5.02 Å². The molecule has 1 fully saturated rings. The standard InChI is InChI=1S/C24H24BrClN6O4/c25-19-20(29-21(33)17-3-1-2-4-18(17)26)30-31-22(19)36-24(35)28-12-5-15-8-13-32(14-9-15)23(34)16-6-10-27-11-7-16/h1-4,6-7,10-11,15H,5,8-9,12-14H2,(H,28,35)(H2,29,30,31,33). The van der Waals surface area contributed by atoms with E-state index in [0.29, 0.717) is 46.2 Å². The van der Waals surface area contributed by atoms with Gasteiger partial charge in [0.2, 0.25) is 0 Å². The predicted octanol–water partition coefficient (Wildman–Crippen LogP) is 4.50. The highest BCUT2D eigenvalue weighted by Gasteiger charge is 2.24. The number of benzene rings is 1. The van der Waals surface area contributed by atoms with Crippen molar-refractivity contribution >= 4 is 51.3 Å². The number of ether oxygens (including phenoxy) is 1. The first-order valence-corrected chi connectivity index (χ1v) is 12.5. The van der Waals surface area contributed by atoms with Gasteiger partial charge in [0.25, 0.3) is 17.7 Å². The van der Waals surface area contributed by atoms with Gasteiger partial charge in [-0.2, -0.15) is 0 Å². The number of carbonyl (C=O) groups is 3. The Morgan fingerprint density at radius 2 is 1.86 bits per heavy atom. The number of piperidine rings is 1. The fourth-order valence-corrected chi connectivity index (χ4v) is 4.47. The monoisotopic (exact) mass is 574 g/mol. The molecular weight excluding hydrogens is 552 g/mol. The van der Waals surface area contributed by atoms with Crippen LogP contribution >= 0.6 is 27.5 Å². The van der Waals surface area contributed by atoms with Gasteiger partial charge in [0.05, 0.1) is 10.6 Å². The van der Waals surface area contributed by atoms with Gasteiger partial charge in [-0.25, -0.2) is 4.79 Å². The SMILES string of the molecule is O=C(NCCC1CCN(C(=O)c2ccncc2)CC1)Oc1n[nH]c(NC(=O)c2ccccc2Cl)c1Br. The van der Waals surface area contributed by atoms with E-state index in [0.717, 1.165) is 19.3 Å². The molecular formula is C24H24BrClN6O4. The number of anilines is 1. The summed E-state index contributed by atoms with van der Waals surface area (Å²) < 4.78 is 5.54. The molecule has 3 heterocycles. The van der Waals surface area contributed by atoms with Crippen LogP contribution in [0.25, 0.3) is 0 Å². The number of amides is 3. The zero-order valence-corrected chi connectivity index (χ0v) is 21.5. The lowest BCUT2D eigenvalue weighted by Gasteiger charge is -2.32. The molecule has 4 rings (SSSR count). The largest absolute Gasteiger partial charge is 0.414 e. The maximum absolute atomic E-state index is 12.5. The molecule has 1 aromatic carbocycles. The number of nitrogens with one attached hydrogen (secondary N) is 3. The van der Waals surface area contributed by atoms with Crippen LogP contribution in [0.1, 0.15) is 40.0 Å². The molecule has 3 N–H and O–H groups in total. The van der Waals surface area contributed by atoms with Gasteiger partial charge >= 0.3 is 6.09 Å². The van der Waals surface area contributed by atoms with Crippen LogP contribution in [-0.2, 0) is 0 Å². The molecule has 2 aromatic heterocycles. The van der Waals surface area contributed by atoms with Gasteiger partial charge in [-0.05, 0) is 65.4 Å². The van der Waals surface area contributed by atoms with E-state index in [4.69, 9.17) is 16.3 Å². The number of aromatic amines is 1. The van der Waals surface area contributed by atoms with Gasteiger partial charge in [0, 0.05) is 37.6 Å². The number of nitrogens with zero attached hydrogens (tertiary/aromatic N) is 3. The molecule has 0 bridgehead atoms. The van der Waals surface area contributed by atoms with Gasteiger partial charge in [0.15, 0.2) is 0 Å². The summed E-state index contributed by atoms with van der Waals surface area (Å²) >= 11 is 9.34. The zero-order valence-electron chi connectivity index (χ0n) is 19.2. The molecule has 36 heavy (non-hydrogen) atoms. The lowest BCUT2D eigenvalue weighted by Crippen LogP contribution is -2.39. The highest BCUT2D eigenvalue weighted by Crippen LogP contribution is 2.30. The third-order valence-corrected chi connectivity index (χ3v) is 6.94. The Balaban J connectivity index is 1.19. The van der Waals surface area contributed by atoms with E-state index < -0.39 is 12.0 Å². The number of rotatable bonds is 7. The van der Waals surface area contributed by atoms with Crippen LogP contribution in [0.15, 0.2) is 53.3 Å². The molecule has 3 amide bonds. The normalized spacial score (nSPS) is 13.8. The first-order valence-electron chi connectivity index (χ1n) is 11.4. The lowest BCUT2D eigenvalue weighted by molar-refractivity contribution is 0.0687. The molecule has 0 saturated carbocycles. The zero-order chi connectivity index (χ0) is 25.5. The summed E-state index contributed by atoms with van der Waals surface area (Å²) in [6.07, 6.45) is 5.08. The average Bonchev–Trinajstić information content (AvgIpc) is 3.23. The fourth-order valence-electron chi connectivity index (χ4n) is 3.89. The Kier molecular flexibility index (Phi) is 8.55. The number of likely N-dealkylation sites (tertiary alicyclic amines) is 1. The molecule has 0 atom stereocenters. The summed E-state index contributed by atoms with van der Waals surface area (Å²) in [6, 6.07) is 10.1. The minimum atomic E-state index is -0.656. The quantitative estimate of drug-likeness (QED) is 0.380. The second-order valence-corrected chi connectivity index (χ2v) is 9.43. The maximum atomic E-state index is 12.5. The molecule has 3 aromatic rings. The third kappa shape index (κ3) is 6.41. The van der Waals surface area contributed by atoms with Gasteiger partial charge in [-0.1, -0.05) is 23.7 Å².